The maximum Gasteiger partial charge on any atom is 0.242 e. The van der Waals surface area contributed by atoms with Gasteiger partial charge >= 0.3 is 0 Å². The number of methoxy groups -OCH3 is 1. The summed E-state index contributed by atoms with van der Waals surface area (Å²) in [6.07, 6.45) is 3.71. The number of benzene rings is 2. The number of carbonyl (C=O) groups is 2. The quantitative estimate of drug-likeness (QED) is 0.330. The van der Waals surface area contributed by atoms with Crippen molar-refractivity contribution in [1.82, 2.24) is 10.2 Å². The van der Waals surface area contributed by atoms with Crippen molar-refractivity contribution in [1.29, 1.82) is 0 Å². The number of rotatable bonds is 15. The lowest BCUT2D eigenvalue weighted by atomic mass is 10.1. The number of amides is 2. The highest BCUT2D eigenvalue weighted by Crippen LogP contribution is 2.36. The fourth-order valence-corrected chi connectivity index (χ4v) is 5.39. The van der Waals surface area contributed by atoms with Crippen LogP contribution in [0.2, 0.25) is 0 Å². The highest BCUT2D eigenvalue weighted by Gasteiger charge is 2.29. The van der Waals surface area contributed by atoms with Gasteiger partial charge in [-0.1, -0.05) is 32.4 Å². The third kappa shape index (κ3) is 8.26. The fourth-order valence-electron chi connectivity index (χ4n) is 4.44. The molecule has 0 aliphatic carbocycles. The highest BCUT2D eigenvalue weighted by molar-refractivity contribution is 7.92. The van der Waals surface area contributed by atoms with Crippen LogP contribution in [-0.2, 0) is 26.2 Å². The molecular formula is C28H39N3O7S. The van der Waals surface area contributed by atoms with Crippen molar-refractivity contribution < 1.29 is 32.2 Å². The van der Waals surface area contributed by atoms with E-state index in [0.29, 0.717) is 35.9 Å². The smallest absolute Gasteiger partial charge is 0.242 e. The van der Waals surface area contributed by atoms with Crippen LogP contribution in [0.15, 0.2) is 42.5 Å². The first-order chi connectivity index (χ1) is 18.7. The van der Waals surface area contributed by atoms with Gasteiger partial charge in [-0.05, 0) is 49.1 Å². The zero-order valence-corrected chi connectivity index (χ0v) is 24.0. The van der Waals surface area contributed by atoms with E-state index in [0.717, 1.165) is 24.7 Å². The van der Waals surface area contributed by atoms with Crippen molar-refractivity contribution >= 4 is 27.5 Å². The Balaban J connectivity index is 1.76. The summed E-state index contributed by atoms with van der Waals surface area (Å²) in [5, 5.41) is 2.95. The van der Waals surface area contributed by atoms with Crippen molar-refractivity contribution in [3.05, 3.63) is 48.0 Å². The minimum atomic E-state index is -3.62. The molecule has 1 atom stereocenters. The van der Waals surface area contributed by atoms with Gasteiger partial charge in [0, 0.05) is 32.1 Å². The Labute approximate surface area is 231 Å². The molecule has 0 aromatic heterocycles. The van der Waals surface area contributed by atoms with E-state index in [4.69, 9.17) is 14.2 Å². The first-order valence-electron chi connectivity index (χ1n) is 13.2. The van der Waals surface area contributed by atoms with Gasteiger partial charge < -0.3 is 24.4 Å². The van der Waals surface area contributed by atoms with E-state index in [1.807, 2.05) is 38.1 Å². The van der Waals surface area contributed by atoms with E-state index < -0.39 is 16.1 Å². The Morgan fingerprint density at radius 3 is 2.54 bits per heavy atom. The van der Waals surface area contributed by atoms with Gasteiger partial charge in [-0.2, -0.15) is 0 Å². The summed E-state index contributed by atoms with van der Waals surface area (Å²) in [6, 6.07) is 11.7. The minimum Gasteiger partial charge on any atom is -0.497 e. The summed E-state index contributed by atoms with van der Waals surface area (Å²) in [4.78, 5) is 28.2. The van der Waals surface area contributed by atoms with Gasteiger partial charge in [0.2, 0.25) is 28.6 Å². The number of anilines is 1. The Bertz CT molecular complexity index is 1240. The number of hydrogen-bond donors (Lipinski definition) is 1. The number of carbonyl (C=O) groups excluding carboxylic acids is 2. The zero-order valence-electron chi connectivity index (χ0n) is 23.1. The van der Waals surface area contributed by atoms with Gasteiger partial charge in [-0.3, -0.25) is 13.9 Å². The van der Waals surface area contributed by atoms with Gasteiger partial charge in [0.25, 0.3) is 0 Å². The largest absolute Gasteiger partial charge is 0.497 e. The number of ether oxygens (including phenoxy) is 3. The summed E-state index contributed by atoms with van der Waals surface area (Å²) in [5.74, 6) is 1.27. The molecule has 2 amide bonds. The number of sulfonamides is 1. The molecule has 0 saturated heterocycles. The van der Waals surface area contributed by atoms with Crippen molar-refractivity contribution in [3.8, 4) is 17.2 Å². The molecule has 1 N–H and O–H groups in total. The second-order valence-corrected chi connectivity index (χ2v) is 11.3. The zero-order chi connectivity index (χ0) is 28.4. The van der Waals surface area contributed by atoms with E-state index in [1.165, 1.54) is 4.31 Å². The van der Waals surface area contributed by atoms with E-state index in [2.05, 4.69) is 5.32 Å². The number of fused-ring (bicyclic) bond motifs is 1. The number of hydrogen-bond acceptors (Lipinski definition) is 7. The van der Waals surface area contributed by atoms with Gasteiger partial charge in [0.15, 0.2) is 11.5 Å². The molecule has 0 saturated carbocycles. The van der Waals surface area contributed by atoms with E-state index in [1.54, 1.807) is 30.2 Å². The van der Waals surface area contributed by atoms with Gasteiger partial charge in [0.1, 0.15) is 11.8 Å². The molecule has 214 valence electrons. The van der Waals surface area contributed by atoms with E-state index in [-0.39, 0.29) is 44.5 Å². The van der Waals surface area contributed by atoms with Crippen molar-refractivity contribution in [2.75, 3.05) is 37.6 Å². The Hall–Kier alpha value is -3.47. The lowest BCUT2D eigenvalue weighted by molar-refractivity contribution is -0.141. The fraction of sp³-hybridized carbons (Fsp3) is 0.500. The van der Waals surface area contributed by atoms with E-state index >= 15 is 0 Å². The summed E-state index contributed by atoms with van der Waals surface area (Å²) in [7, 11) is -2.05. The summed E-state index contributed by atoms with van der Waals surface area (Å²) >= 11 is 0. The van der Waals surface area contributed by atoms with Crippen LogP contribution in [0.25, 0.3) is 0 Å². The molecule has 2 aromatic carbocycles. The Morgan fingerprint density at radius 1 is 1.08 bits per heavy atom. The molecule has 1 unspecified atom stereocenters. The summed E-state index contributed by atoms with van der Waals surface area (Å²) in [6.45, 7) is 4.88. The third-order valence-electron chi connectivity index (χ3n) is 6.50. The molecule has 11 heteroatoms. The maximum absolute atomic E-state index is 13.6. The average molecular weight is 562 g/mol. The second kappa shape index (κ2) is 14.1. The molecule has 1 aliphatic heterocycles. The minimum absolute atomic E-state index is 0.0687. The SMILES string of the molecule is CCCCNC(=O)C(CC)N(Cc1cccc(OC)c1)C(=O)CCCN(c1ccc2c(c1)OCO2)S(C)(=O)=O. The average Bonchev–Trinajstić information content (AvgIpc) is 3.38. The number of nitrogens with zero attached hydrogens (tertiary/aromatic N) is 2. The molecule has 0 bridgehead atoms. The summed E-state index contributed by atoms with van der Waals surface area (Å²) < 4.78 is 42.5. The summed E-state index contributed by atoms with van der Waals surface area (Å²) in [5.41, 5.74) is 1.27. The van der Waals surface area contributed by atoms with Crippen molar-refractivity contribution in [3.63, 3.8) is 0 Å². The van der Waals surface area contributed by atoms with Crippen LogP contribution in [-0.4, -0.2) is 64.4 Å². The predicted octanol–water partition coefficient (Wildman–Crippen LogP) is 3.69. The van der Waals surface area contributed by atoms with Crippen molar-refractivity contribution in [2.24, 2.45) is 0 Å². The first kappa shape index (κ1) is 30.1. The molecule has 1 heterocycles. The molecule has 0 radical (unpaired) electrons. The second-order valence-electron chi connectivity index (χ2n) is 9.42. The number of nitrogens with one attached hydrogen (secondary N) is 1. The maximum atomic E-state index is 13.6. The third-order valence-corrected chi connectivity index (χ3v) is 7.69. The predicted molar refractivity (Wildman–Crippen MR) is 150 cm³/mol. The molecule has 1 aliphatic rings. The molecule has 0 fully saturated rings. The number of unbranched alkanes of at least 4 members (excludes halogenated alkanes) is 1. The van der Waals surface area contributed by atoms with Gasteiger partial charge in [-0.25, -0.2) is 8.42 Å². The van der Waals surface area contributed by atoms with Crippen LogP contribution in [0, 0.1) is 0 Å². The van der Waals surface area contributed by atoms with Gasteiger partial charge in [-0.15, -0.1) is 0 Å². The topological polar surface area (TPSA) is 114 Å². The molecule has 2 aromatic rings. The lowest BCUT2D eigenvalue weighted by Crippen LogP contribution is -2.49. The normalized spacial score (nSPS) is 13.0. The molecule has 10 nitrogen and oxygen atoms in total. The Kier molecular flexibility index (Phi) is 10.8. The van der Waals surface area contributed by atoms with Crippen molar-refractivity contribution in [2.45, 2.75) is 58.5 Å². The van der Waals surface area contributed by atoms with Gasteiger partial charge in [0.05, 0.1) is 19.1 Å². The molecule has 0 spiro atoms. The van der Waals surface area contributed by atoms with Crippen LogP contribution in [0.3, 0.4) is 0 Å². The van der Waals surface area contributed by atoms with Crippen LogP contribution in [0.4, 0.5) is 5.69 Å². The standard InChI is InChI=1S/C28H39N3O7S/c1-5-7-15-29-28(33)24(6-2)30(19-21-10-8-11-23(17-21)36-3)27(32)12-9-16-31(39(4,34)35)22-13-14-25-26(18-22)38-20-37-25/h8,10-11,13-14,17-18,24H,5-7,9,12,15-16,19-20H2,1-4H3,(H,29,33). The molecule has 3 rings (SSSR count). The van der Waals surface area contributed by atoms with Crippen LogP contribution in [0.1, 0.15) is 51.5 Å². The Morgan fingerprint density at radius 2 is 1.85 bits per heavy atom. The molecule has 39 heavy (non-hydrogen) atoms. The highest BCUT2D eigenvalue weighted by atomic mass is 32.2. The monoisotopic (exact) mass is 561 g/mol. The lowest BCUT2D eigenvalue weighted by Gasteiger charge is -2.31. The first-order valence-corrected chi connectivity index (χ1v) is 15.1. The van der Waals surface area contributed by atoms with E-state index in [9.17, 15) is 18.0 Å². The van der Waals surface area contributed by atoms with Crippen LogP contribution >= 0.6 is 0 Å². The molecular weight excluding hydrogens is 522 g/mol. The van der Waals surface area contributed by atoms with Crippen LogP contribution < -0.4 is 23.8 Å². The van der Waals surface area contributed by atoms with Crippen LogP contribution in [0.5, 0.6) is 17.2 Å².